The number of nitrogens with zero attached hydrogens (tertiary/aromatic N) is 1. The zero-order chi connectivity index (χ0) is 14.7. The lowest BCUT2D eigenvalue weighted by Gasteiger charge is -2.24. The summed E-state index contributed by atoms with van der Waals surface area (Å²) in [7, 11) is 1.65. The van der Waals surface area contributed by atoms with Crippen LogP contribution < -0.4 is 10.5 Å². The summed E-state index contributed by atoms with van der Waals surface area (Å²) >= 11 is 0. The molecule has 21 heavy (non-hydrogen) atoms. The highest BCUT2D eigenvalue weighted by atomic mass is 16.5. The molecule has 1 aliphatic carbocycles. The molecule has 1 aliphatic rings. The lowest BCUT2D eigenvalue weighted by Crippen LogP contribution is -2.13. The summed E-state index contributed by atoms with van der Waals surface area (Å²) in [6.45, 7) is 1.35. The van der Waals surface area contributed by atoms with Crippen LogP contribution in [0.15, 0.2) is 24.3 Å². The smallest absolute Gasteiger partial charge is 0.129 e. The fourth-order valence-corrected chi connectivity index (χ4v) is 2.66. The minimum atomic E-state index is 0.535. The van der Waals surface area contributed by atoms with Crippen LogP contribution in [0.25, 0.3) is 10.9 Å². The van der Waals surface area contributed by atoms with Crippen molar-refractivity contribution in [2.75, 3.05) is 19.5 Å². The van der Waals surface area contributed by atoms with E-state index in [0.29, 0.717) is 12.4 Å². The average molecular weight is 286 g/mol. The summed E-state index contributed by atoms with van der Waals surface area (Å²) in [5, 5.41) is 1.06. The molecule has 1 aromatic carbocycles. The van der Waals surface area contributed by atoms with Gasteiger partial charge in [-0.3, -0.25) is 0 Å². The Balaban J connectivity index is 1.65. The molecule has 0 saturated heterocycles. The molecule has 4 nitrogen and oxygen atoms in total. The Morgan fingerprint density at radius 2 is 2.14 bits per heavy atom. The van der Waals surface area contributed by atoms with E-state index in [4.69, 9.17) is 15.2 Å². The molecule has 0 spiro atoms. The van der Waals surface area contributed by atoms with Crippen molar-refractivity contribution in [2.24, 2.45) is 5.92 Å². The maximum Gasteiger partial charge on any atom is 0.129 e. The topological polar surface area (TPSA) is 57.4 Å². The van der Waals surface area contributed by atoms with E-state index in [9.17, 15) is 0 Å². The summed E-state index contributed by atoms with van der Waals surface area (Å²) in [6.07, 6.45) is 5.28. The maximum absolute atomic E-state index is 6.03. The lowest BCUT2D eigenvalue weighted by molar-refractivity contribution is 0.0953. The van der Waals surface area contributed by atoms with Gasteiger partial charge in [-0.2, -0.15) is 0 Å². The first kappa shape index (κ1) is 14.1. The SMILES string of the molecule is COc1ccc2cc(COCCC3CCC3)c(N)nc2c1. The van der Waals surface area contributed by atoms with Gasteiger partial charge in [0.05, 0.1) is 19.2 Å². The van der Waals surface area contributed by atoms with Crippen molar-refractivity contribution >= 4 is 16.7 Å². The largest absolute Gasteiger partial charge is 0.497 e. The van der Waals surface area contributed by atoms with Gasteiger partial charge in [-0.25, -0.2) is 4.98 Å². The zero-order valence-corrected chi connectivity index (χ0v) is 12.5. The molecule has 1 saturated carbocycles. The first-order valence-corrected chi connectivity index (χ1v) is 7.57. The number of nitrogens with two attached hydrogens (primary N) is 1. The van der Waals surface area contributed by atoms with E-state index in [1.54, 1.807) is 7.11 Å². The van der Waals surface area contributed by atoms with Gasteiger partial charge in [-0.1, -0.05) is 19.3 Å². The first-order chi connectivity index (χ1) is 10.3. The molecule has 0 bridgehead atoms. The van der Waals surface area contributed by atoms with Gasteiger partial charge < -0.3 is 15.2 Å². The van der Waals surface area contributed by atoms with Crippen molar-refractivity contribution in [3.05, 3.63) is 29.8 Å². The van der Waals surface area contributed by atoms with Gasteiger partial charge in [0.25, 0.3) is 0 Å². The molecule has 1 aromatic heterocycles. The Hall–Kier alpha value is -1.81. The number of aromatic nitrogens is 1. The minimum absolute atomic E-state index is 0.535. The van der Waals surface area contributed by atoms with Gasteiger partial charge in [0.2, 0.25) is 0 Å². The second kappa shape index (κ2) is 6.31. The highest BCUT2D eigenvalue weighted by molar-refractivity contribution is 5.82. The highest BCUT2D eigenvalue weighted by Crippen LogP contribution is 2.29. The van der Waals surface area contributed by atoms with E-state index in [-0.39, 0.29) is 0 Å². The number of hydrogen-bond acceptors (Lipinski definition) is 4. The Morgan fingerprint density at radius 1 is 1.29 bits per heavy atom. The Labute approximate surface area is 125 Å². The highest BCUT2D eigenvalue weighted by Gasteiger charge is 2.16. The van der Waals surface area contributed by atoms with Crippen LogP contribution >= 0.6 is 0 Å². The Morgan fingerprint density at radius 3 is 2.86 bits per heavy atom. The van der Waals surface area contributed by atoms with E-state index in [2.05, 4.69) is 11.1 Å². The van der Waals surface area contributed by atoms with Crippen LogP contribution in [0.4, 0.5) is 5.82 Å². The van der Waals surface area contributed by atoms with Gasteiger partial charge in [-0.05, 0) is 30.5 Å². The number of hydrogen-bond donors (Lipinski definition) is 1. The predicted octanol–water partition coefficient (Wildman–Crippen LogP) is 3.53. The van der Waals surface area contributed by atoms with Crippen LogP contribution in [0.1, 0.15) is 31.2 Å². The molecule has 3 rings (SSSR count). The summed E-state index contributed by atoms with van der Waals surface area (Å²) in [5.41, 5.74) is 7.84. The van der Waals surface area contributed by atoms with E-state index >= 15 is 0 Å². The predicted molar refractivity (Wildman–Crippen MR) is 84.3 cm³/mol. The van der Waals surface area contributed by atoms with Crippen LogP contribution in [0.5, 0.6) is 5.75 Å². The fourth-order valence-electron chi connectivity index (χ4n) is 2.66. The van der Waals surface area contributed by atoms with E-state index in [0.717, 1.165) is 41.2 Å². The summed E-state index contributed by atoms with van der Waals surface area (Å²) in [4.78, 5) is 4.44. The van der Waals surface area contributed by atoms with Crippen molar-refractivity contribution in [1.82, 2.24) is 4.98 Å². The molecule has 0 aliphatic heterocycles. The van der Waals surface area contributed by atoms with E-state index < -0.39 is 0 Å². The average Bonchev–Trinajstić information content (AvgIpc) is 2.45. The van der Waals surface area contributed by atoms with Crippen molar-refractivity contribution in [3.63, 3.8) is 0 Å². The fraction of sp³-hybridized carbons (Fsp3) is 0.471. The summed E-state index contributed by atoms with van der Waals surface area (Å²) in [6, 6.07) is 7.88. The van der Waals surface area contributed by atoms with Crippen LogP contribution in [0.3, 0.4) is 0 Å². The number of methoxy groups -OCH3 is 1. The molecular formula is C17H22N2O2. The van der Waals surface area contributed by atoms with Gasteiger partial charge in [0.15, 0.2) is 0 Å². The molecule has 2 aromatic rings. The standard InChI is InChI=1S/C17H22N2O2/c1-20-15-6-5-13-9-14(17(18)19-16(13)10-15)11-21-8-7-12-3-2-4-12/h5-6,9-10,12H,2-4,7-8,11H2,1H3,(H2,18,19). The van der Waals surface area contributed by atoms with Crippen LogP contribution in [0, 0.1) is 5.92 Å². The summed E-state index contributed by atoms with van der Waals surface area (Å²) in [5.74, 6) is 2.21. The molecule has 1 fully saturated rings. The molecule has 0 radical (unpaired) electrons. The third kappa shape index (κ3) is 3.27. The Bertz CT molecular complexity index is 623. The number of anilines is 1. The molecule has 0 amide bonds. The second-order valence-corrected chi connectivity index (χ2v) is 5.73. The molecule has 2 N–H and O–H groups in total. The van der Waals surface area contributed by atoms with Gasteiger partial charge >= 0.3 is 0 Å². The van der Waals surface area contributed by atoms with Crippen molar-refractivity contribution in [3.8, 4) is 5.75 Å². The van der Waals surface area contributed by atoms with E-state index in [1.165, 1.54) is 19.3 Å². The van der Waals surface area contributed by atoms with Gasteiger partial charge in [0.1, 0.15) is 11.6 Å². The monoisotopic (exact) mass is 286 g/mol. The number of benzene rings is 1. The van der Waals surface area contributed by atoms with Crippen LogP contribution in [-0.2, 0) is 11.3 Å². The molecule has 1 heterocycles. The molecule has 0 unspecified atom stereocenters. The molecule has 112 valence electrons. The van der Waals surface area contributed by atoms with E-state index in [1.807, 2.05) is 18.2 Å². The molecule has 0 atom stereocenters. The van der Waals surface area contributed by atoms with Gasteiger partial charge in [0, 0.05) is 23.6 Å². The van der Waals surface area contributed by atoms with Crippen molar-refractivity contribution < 1.29 is 9.47 Å². The number of rotatable bonds is 6. The normalized spacial score (nSPS) is 15.1. The van der Waals surface area contributed by atoms with Crippen molar-refractivity contribution in [2.45, 2.75) is 32.3 Å². The quantitative estimate of drug-likeness (QED) is 0.825. The first-order valence-electron chi connectivity index (χ1n) is 7.57. The Kier molecular flexibility index (Phi) is 4.25. The second-order valence-electron chi connectivity index (χ2n) is 5.73. The number of pyridine rings is 1. The molecule has 4 heteroatoms. The summed E-state index contributed by atoms with van der Waals surface area (Å²) < 4.78 is 11.0. The van der Waals surface area contributed by atoms with Gasteiger partial charge in [-0.15, -0.1) is 0 Å². The lowest BCUT2D eigenvalue weighted by atomic mass is 9.83. The number of nitrogen functional groups attached to an aromatic ring is 1. The third-order valence-electron chi connectivity index (χ3n) is 4.29. The maximum atomic E-state index is 6.03. The number of fused-ring (bicyclic) bond motifs is 1. The van der Waals surface area contributed by atoms with Crippen LogP contribution in [0.2, 0.25) is 0 Å². The third-order valence-corrected chi connectivity index (χ3v) is 4.29. The molecular weight excluding hydrogens is 264 g/mol. The number of ether oxygens (including phenoxy) is 2. The minimum Gasteiger partial charge on any atom is -0.497 e. The van der Waals surface area contributed by atoms with Crippen molar-refractivity contribution in [1.29, 1.82) is 0 Å². The zero-order valence-electron chi connectivity index (χ0n) is 12.5. The van der Waals surface area contributed by atoms with Crippen LogP contribution in [-0.4, -0.2) is 18.7 Å².